The van der Waals surface area contributed by atoms with Gasteiger partial charge >= 0.3 is 0 Å². The third-order valence-electron chi connectivity index (χ3n) is 9.97. The maximum Gasteiger partial charge on any atom is 0.228 e. The maximum absolute atomic E-state index is 6.45. The van der Waals surface area contributed by atoms with E-state index in [0.717, 1.165) is 103 Å². The van der Waals surface area contributed by atoms with E-state index in [0.29, 0.717) is 5.89 Å². The van der Waals surface area contributed by atoms with Gasteiger partial charge in [-0.25, -0.2) is 9.97 Å². The quantitative estimate of drug-likeness (QED) is 0.137. The summed E-state index contributed by atoms with van der Waals surface area (Å²) in [6.45, 7) is 0. The standard InChI is InChI=1S/C46H26N4OS/c1-3-14-33-31(12-1)41(32-13-2-4-15-34(32)42(33)45-49-37-17-5-7-19-39(37)51-45)29-23-28(24-30(25-29)46-50-38-18-6-8-20-40(38)52-46)36-26-27-11-9-21-47-43(27)44-35(36)16-10-22-48-44/h1-26H. The second kappa shape index (κ2) is 11.4. The van der Waals surface area contributed by atoms with Gasteiger partial charge in [-0.05, 0) is 104 Å². The molecule has 0 saturated carbocycles. The predicted octanol–water partition coefficient (Wildman–Crippen LogP) is 12.5. The fourth-order valence-corrected chi connectivity index (χ4v) is 8.66. The minimum Gasteiger partial charge on any atom is -0.436 e. The highest BCUT2D eigenvalue weighted by Gasteiger charge is 2.22. The number of hydrogen-bond donors (Lipinski definition) is 0. The molecule has 0 aliphatic rings. The lowest BCUT2D eigenvalue weighted by Gasteiger charge is -2.18. The summed E-state index contributed by atoms with van der Waals surface area (Å²) >= 11 is 1.72. The number of rotatable bonds is 4. The predicted molar refractivity (Wildman–Crippen MR) is 215 cm³/mol. The van der Waals surface area contributed by atoms with Crippen LogP contribution in [-0.4, -0.2) is 19.9 Å². The van der Waals surface area contributed by atoms with E-state index in [1.54, 1.807) is 11.3 Å². The van der Waals surface area contributed by atoms with Gasteiger partial charge in [0.15, 0.2) is 5.58 Å². The van der Waals surface area contributed by atoms with E-state index in [-0.39, 0.29) is 0 Å². The van der Waals surface area contributed by atoms with Crippen LogP contribution in [0.1, 0.15) is 0 Å². The van der Waals surface area contributed by atoms with E-state index >= 15 is 0 Å². The summed E-state index contributed by atoms with van der Waals surface area (Å²) < 4.78 is 7.61. The van der Waals surface area contributed by atoms with Crippen LogP contribution < -0.4 is 0 Å². The molecule has 0 aliphatic heterocycles. The molecule has 0 bridgehead atoms. The first-order valence-electron chi connectivity index (χ1n) is 17.2. The molecule has 11 aromatic rings. The highest BCUT2D eigenvalue weighted by molar-refractivity contribution is 7.21. The van der Waals surface area contributed by atoms with Crippen molar-refractivity contribution in [3.8, 4) is 44.3 Å². The molecule has 0 spiro atoms. The van der Waals surface area contributed by atoms with Crippen molar-refractivity contribution in [2.24, 2.45) is 0 Å². The number of hydrogen-bond acceptors (Lipinski definition) is 6. The first-order chi connectivity index (χ1) is 25.8. The van der Waals surface area contributed by atoms with E-state index in [1.165, 1.54) is 0 Å². The molecule has 242 valence electrons. The van der Waals surface area contributed by atoms with Gasteiger partial charge in [-0.1, -0.05) is 84.9 Å². The largest absolute Gasteiger partial charge is 0.436 e. The average Bonchev–Trinajstić information content (AvgIpc) is 3.84. The van der Waals surface area contributed by atoms with Crippen molar-refractivity contribution in [3.05, 3.63) is 158 Å². The van der Waals surface area contributed by atoms with Crippen LogP contribution >= 0.6 is 11.3 Å². The average molecular weight is 683 g/mol. The van der Waals surface area contributed by atoms with Gasteiger partial charge in [0.25, 0.3) is 0 Å². The van der Waals surface area contributed by atoms with E-state index in [9.17, 15) is 0 Å². The van der Waals surface area contributed by atoms with Crippen molar-refractivity contribution in [2.45, 2.75) is 0 Å². The lowest BCUT2D eigenvalue weighted by atomic mass is 9.86. The summed E-state index contributed by atoms with van der Waals surface area (Å²) in [7, 11) is 0. The Morgan fingerprint density at radius 1 is 0.462 bits per heavy atom. The summed E-state index contributed by atoms with van der Waals surface area (Å²) in [4.78, 5) is 19.7. The van der Waals surface area contributed by atoms with Gasteiger partial charge in [-0.15, -0.1) is 11.3 Å². The van der Waals surface area contributed by atoms with Crippen molar-refractivity contribution in [3.63, 3.8) is 0 Å². The van der Waals surface area contributed by atoms with Crippen LogP contribution in [0, 0.1) is 0 Å². The normalized spacial score (nSPS) is 11.8. The number of aromatic nitrogens is 4. The van der Waals surface area contributed by atoms with E-state index in [4.69, 9.17) is 24.4 Å². The minimum absolute atomic E-state index is 0.618. The second-order valence-electron chi connectivity index (χ2n) is 13.0. The summed E-state index contributed by atoms with van der Waals surface area (Å²) in [5.41, 5.74) is 10.9. The molecule has 11 rings (SSSR count). The Morgan fingerprint density at radius 3 is 1.85 bits per heavy atom. The number of pyridine rings is 2. The molecule has 6 heteroatoms. The smallest absolute Gasteiger partial charge is 0.228 e. The zero-order valence-corrected chi connectivity index (χ0v) is 28.4. The summed E-state index contributed by atoms with van der Waals surface area (Å²) in [6.07, 6.45) is 3.68. The Morgan fingerprint density at radius 2 is 1.08 bits per heavy atom. The van der Waals surface area contributed by atoms with E-state index < -0.39 is 0 Å². The third-order valence-corrected chi connectivity index (χ3v) is 11.1. The Kier molecular flexibility index (Phi) is 6.35. The fourth-order valence-electron chi connectivity index (χ4n) is 7.71. The number of fused-ring (bicyclic) bond motifs is 7. The van der Waals surface area contributed by atoms with Crippen molar-refractivity contribution in [1.29, 1.82) is 0 Å². The van der Waals surface area contributed by atoms with Crippen LogP contribution in [0.25, 0.3) is 109 Å². The number of benzene rings is 7. The molecule has 7 aromatic carbocycles. The van der Waals surface area contributed by atoms with Crippen LogP contribution in [-0.2, 0) is 0 Å². The van der Waals surface area contributed by atoms with Crippen LogP contribution in [0.5, 0.6) is 0 Å². The number of para-hydroxylation sites is 3. The van der Waals surface area contributed by atoms with Crippen molar-refractivity contribution in [1.82, 2.24) is 19.9 Å². The maximum atomic E-state index is 6.45. The Bertz CT molecular complexity index is 3090. The summed E-state index contributed by atoms with van der Waals surface area (Å²) in [5.74, 6) is 0.618. The van der Waals surface area contributed by atoms with Gasteiger partial charge in [0, 0.05) is 28.7 Å². The van der Waals surface area contributed by atoms with Gasteiger partial charge < -0.3 is 4.42 Å². The molecular formula is C46H26N4OS. The zero-order valence-electron chi connectivity index (χ0n) is 27.6. The fraction of sp³-hybridized carbons (Fsp3) is 0. The summed E-state index contributed by atoms with van der Waals surface area (Å²) in [6, 6.07) is 50.9. The highest BCUT2D eigenvalue weighted by atomic mass is 32.1. The van der Waals surface area contributed by atoms with Crippen LogP contribution in [0.3, 0.4) is 0 Å². The van der Waals surface area contributed by atoms with Crippen LogP contribution in [0.15, 0.2) is 162 Å². The Balaban J connectivity index is 1.25. The topological polar surface area (TPSA) is 64.7 Å². The number of thiazole rings is 1. The molecule has 0 aliphatic carbocycles. The van der Waals surface area contributed by atoms with Crippen molar-refractivity contribution in [2.75, 3.05) is 0 Å². The first-order valence-corrected chi connectivity index (χ1v) is 18.0. The van der Waals surface area contributed by atoms with Gasteiger partial charge in [0.2, 0.25) is 5.89 Å². The molecule has 0 fully saturated rings. The lowest BCUT2D eigenvalue weighted by Crippen LogP contribution is -1.93. The molecule has 4 heterocycles. The van der Waals surface area contributed by atoms with Crippen molar-refractivity contribution >= 4 is 76.0 Å². The molecule has 4 aromatic heterocycles. The number of nitrogens with zero attached hydrogens (tertiary/aromatic N) is 4. The SMILES string of the molecule is c1cnc2c(c1)cc(-c1cc(-c3nc4ccccc4s3)cc(-c3c4ccccc4c(-c4nc5ccccc5o4)c4ccccc34)c1)c1cccnc12. The highest BCUT2D eigenvalue weighted by Crippen LogP contribution is 2.46. The second-order valence-corrected chi connectivity index (χ2v) is 14.0. The Hall–Kier alpha value is -6.76. The van der Waals surface area contributed by atoms with Gasteiger partial charge in [-0.2, -0.15) is 0 Å². The molecule has 52 heavy (non-hydrogen) atoms. The summed E-state index contributed by atoms with van der Waals surface area (Å²) in [5, 5.41) is 7.50. The van der Waals surface area contributed by atoms with E-state index in [1.807, 2.05) is 54.9 Å². The molecule has 0 amide bonds. The third kappa shape index (κ3) is 4.48. The van der Waals surface area contributed by atoms with Gasteiger partial charge in [0.1, 0.15) is 10.5 Å². The zero-order chi connectivity index (χ0) is 34.2. The van der Waals surface area contributed by atoms with E-state index in [2.05, 4.69) is 103 Å². The molecule has 0 atom stereocenters. The first kappa shape index (κ1) is 29.0. The Labute approximate surface area is 301 Å². The molecule has 0 unspecified atom stereocenters. The number of oxazole rings is 1. The van der Waals surface area contributed by atoms with Crippen LogP contribution in [0.4, 0.5) is 0 Å². The molecular weight excluding hydrogens is 657 g/mol. The molecule has 0 radical (unpaired) electrons. The molecule has 0 saturated heterocycles. The monoisotopic (exact) mass is 682 g/mol. The van der Waals surface area contributed by atoms with Gasteiger partial charge in [-0.3, -0.25) is 9.97 Å². The van der Waals surface area contributed by atoms with Crippen LogP contribution in [0.2, 0.25) is 0 Å². The molecule has 0 N–H and O–H groups in total. The van der Waals surface area contributed by atoms with Gasteiger partial charge in [0.05, 0.1) is 26.8 Å². The lowest BCUT2D eigenvalue weighted by molar-refractivity contribution is 0.621. The molecule has 5 nitrogen and oxygen atoms in total. The minimum atomic E-state index is 0.618. The van der Waals surface area contributed by atoms with Crippen molar-refractivity contribution < 1.29 is 4.42 Å².